The molecule has 0 saturated heterocycles. The van der Waals surface area contributed by atoms with Crippen LogP contribution in [-0.2, 0) is 0 Å². The molecule has 0 amide bonds. The van der Waals surface area contributed by atoms with Gasteiger partial charge in [-0.25, -0.2) is 0 Å². The molecule has 0 atom stereocenters. The Bertz CT molecular complexity index is 4310. The summed E-state index contributed by atoms with van der Waals surface area (Å²) in [6.07, 6.45) is 1.39. The maximum absolute atomic E-state index is 11.3. The smallest absolute Gasteiger partial charge is 0.145 e. The number of para-hydroxylation sites is 3. The molecular weight excluding hydrogens is 831 g/mol. The van der Waals surface area contributed by atoms with Crippen molar-refractivity contribution in [3.63, 3.8) is 0 Å². The fourth-order valence-corrected chi connectivity index (χ4v) is 11.0. The van der Waals surface area contributed by atoms with E-state index in [2.05, 4.69) is 202 Å². The van der Waals surface area contributed by atoms with Crippen molar-refractivity contribution >= 4 is 93.6 Å². The highest BCUT2D eigenvalue weighted by molar-refractivity contribution is 6.24. The Labute approximate surface area is 389 Å². The first kappa shape index (κ1) is 37.9. The zero-order valence-electron chi connectivity index (χ0n) is 36.5. The van der Waals surface area contributed by atoms with Crippen LogP contribution in [0.1, 0.15) is 11.1 Å². The highest BCUT2D eigenvalue weighted by atomic mass is 16.3. The summed E-state index contributed by atoms with van der Waals surface area (Å²) in [7, 11) is 0. The van der Waals surface area contributed by atoms with Crippen molar-refractivity contribution in [1.29, 1.82) is 10.7 Å². The Hall–Kier alpha value is -9.44. The third-order valence-electron chi connectivity index (χ3n) is 14.0. The molecule has 68 heavy (non-hydrogen) atoms. The Kier molecular flexibility index (Phi) is 8.10. The normalized spacial score (nSPS) is 11.9. The molecule has 316 valence electrons. The first-order valence-electron chi connectivity index (χ1n) is 22.8. The van der Waals surface area contributed by atoms with E-state index in [1.54, 1.807) is 0 Å². The molecule has 0 radical (unpaired) electrons. The van der Waals surface area contributed by atoms with Gasteiger partial charge in [-0.1, -0.05) is 127 Å². The van der Waals surface area contributed by atoms with Crippen LogP contribution in [0.5, 0.6) is 0 Å². The number of nitrogens with zero attached hydrogens (tertiary/aromatic N) is 4. The second-order valence-corrected chi connectivity index (χ2v) is 17.6. The van der Waals surface area contributed by atoms with E-state index in [9.17, 15) is 5.26 Å². The maximum atomic E-state index is 11.3. The molecule has 4 aromatic heterocycles. The van der Waals surface area contributed by atoms with E-state index < -0.39 is 0 Å². The first-order chi connectivity index (χ1) is 33.6. The van der Waals surface area contributed by atoms with Crippen LogP contribution < -0.4 is 0 Å². The van der Waals surface area contributed by atoms with Crippen molar-refractivity contribution < 1.29 is 4.42 Å². The molecule has 10 aromatic carbocycles. The summed E-state index contributed by atoms with van der Waals surface area (Å²) in [6.45, 7) is 0. The lowest BCUT2D eigenvalue weighted by atomic mass is 10.0. The van der Waals surface area contributed by atoms with Crippen molar-refractivity contribution in [1.82, 2.24) is 13.7 Å². The Morgan fingerprint density at radius 3 is 1.56 bits per heavy atom. The number of nitriles is 1. The van der Waals surface area contributed by atoms with Gasteiger partial charge in [-0.2, -0.15) is 5.26 Å². The zero-order chi connectivity index (χ0) is 45.0. The Morgan fingerprint density at radius 2 is 0.926 bits per heavy atom. The lowest BCUT2D eigenvalue weighted by Gasteiger charge is -2.17. The van der Waals surface area contributed by atoms with Gasteiger partial charge < -0.3 is 23.5 Å². The van der Waals surface area contributed by atoms with Crippen LogP contribution >= 0.6 is 0 Å². The minimum Gasteiger partial charge on any atom is -0.455 e. The van der Waals surface area contributed by atoms with Gasteiger partial charge in [0, 0.05) is 60.9 Å². The Balaban J connectivity index is 1.04. The summed E-state index contributed by atoms with van der Waals surface area (Å²) in [5, 5.41) is 29.0. The molecular formula is C62H37N5O. The molecule has 6 nitrogen and oxygen atoms in total. The summed E-state index contributed by atoms with van der Waals surface area (Å²) < 4.78 is 13.6. The van der Waals surface area contributed by atoms with Crippen LogP contribution in [0.4, 0.5) is 0 Å². The van der Waals surface area contributed by atoms with Gasteiger partial charge in [-0.05, 0) is 107 Å². The largest absolute Gasteiger partial charge is 0.455 e. The van der Waals surface area contributed by atoms with Crippen molar-refractivity contribution in [2.45, 2.75) is 0 Å². The number of fused-ring (bicyclic) bond motifs is 13. The van der Waals surface area contributed by atoms with E-state index in [4.69, 9.17) is 9.83 Å². The van der Waals surface area contributed by atoms with E-state index in [1.807, 2.05) is 30.3 Å². The van der Waals surface area contributed by atoms with Crippen LogP contribution in [0.3, 0.4) is 0 Å². The molecule has 0 saturated carbocycles. The van der Waals surface area contributed by atoms with E-state index in [0.717, 1.165) is 110 Å². The molecule has 1 N–H and O–H groups in total. The van der Waals surface area contributed by atoms with Gasteiger partial charge in [0.25, 0.3) is 0 Å². The van der Waals surface area contributed by atoms with Crippen LogP contribution in [0, 0.1) is 16.7 Å². The van der Waals surface area contributed by atoms with Crippen molar-refractivity contribution in [3.8, 4) is 45.4 Å². The average molecular weight is 868 g/mol. The maximum Gasteiger partial charge on any atom is 0.145 e. The van der Waals surface area contributed by atoms with Crippen molar-refractivity contribution in [2.75, 3.05) is 0 Å². The fourth-order valence-electron chi connectivity index (χ4n) is 11.0. The lowest BCUT2D eigenvalue weighted by molar-refractivity contribution is 0.673. The second-order valence-electron chi connectivity index (χ2n) is 17.6. The first-order valence-corrected chi connectivity index (χ1v) is 22.8. The third kappa shape index (κ3) is 5.42. The van der Waals surface area contributed by atoms with Crippen molar-refractivity contribution in [2.24, 2.45) is 0 Å². The summed E-state index contributed by atoms with van der Waals surface area (Å²) in [6, 6.07) is 77.0. The molecule has 6 heteroatoms. The summed E-state index contributed by atoms with van der Waals surface area (Å²) in [5.74, 6) is 0. The fraction of sp³-hybridized carbons (Fsp3) is 0. The van der Waals surface area contributed by atoms with E-state index >= 15 is 0 Å². The van der Waals surface area contributed by atoms with Crippen LogP contribution in [0.15, 0.2) is 217 Å². The lowest BCUT2D eigenvalue weighted by Crippen LogP contribution is -2.06. The minimum atomic E-state index is 0.459. The second kappa shape index (κ2) is 14.5. The zero-order valence-corrected chi connectivity index (χ0v) is 36.5. The number of benzene rings is 10. The van der Waals surface area contributed by atoms with Gasteiger partial charge >= 0.3 is 0 Å². The third-order valence-corrected chi connectivity index (χ3v) is 14.0. The summed E-state index contributed by atoms with van der Waals surface area (Å²) in [5.41, 5.74) is 15.8. The monoisotopic (exact) mass is 867 g/mol. The SMILES string of the molecule is N#Cc1cc(-n2c3ccc(-n4c5ccccc5c5ccccc54)cc3c3c4oc5ccccc5c4ccc32)cc(C=N)c1-n1c2ccc(-c3ccccc3)cc2c2cc(-c3ccccc3)ccc21. The number of furan rings is 1. The molecule has 14 aromatic rings. The minimum absolute atomic E-state index is 0.459. The van der Waals surface area contributed by atoms with Gasteiger partial charge in [-0.3, -0.25) is 0 Å². The van der Waals surface area contributed by atoms with Crippen LogP contribution in [0.25, 0.3) is 127 Å². The molecule has 0 aliphatic carbocycles. The van der Waals surface area contributed by atoms with Gasteiger partial charge in [0.05, 0.1) is 49.7 Å². The predicted octanol–water partition coefficient (Wildman–Crippen LogP) is 16.1. The molecule has 4 heterocycles. The van der Waals surface area contributed by atoms with Crippen LogP contribution in [-0.4, -0.2) is 19.9 Å². The molecule has 0 unspecified atom stereocenters. The van der Waals surface area contributed by atoms with Gasteiger partial charge in [0.1, 0.15) is 17.2 Å². The summed E-state index contributed by atoms with van der Waals surface area (Å²) >= 11 is 0. The number of aromatic nitrogens is 3. The van der Waals surface area contributed by atoms with Gasteiger partial charge in [0.15, 0.2) is 0 Å². The number of rotatable bonds is 6. The van der Waals surface area contributed by atoms with E-state index in [0.29, 0.717) is 16.8 Å². The van der Waals surface area contributed by atoms with E-state index in [-0.39, 0.29) is 0 Å². The molecule has 0 spiro atoms. The van der Waals surface area contributed by atoms with Gasteiger partial charge in [-0.15, -0.1) is 0 Å². The highest BCUT2D eigenvalue weighted by Gasteiger charge is 2.24. The molecule has 0 bridgehead atoms. The molecule has 0 aliphatic rings. The van der Waals surface area contributed by atoms with E-state index in [1.165, 1.54) is 17.0 Å². The number of nitrogens with one attached hydrogen (secondary N) is 1. The highest BCUT2D eigenvalue weighted by Crippen LogP contribution is 2.44. The summed E-state index contributed by atoms with van der Waals surface area (Å²) in [4.78, 5) is 0. The van der Waals surface area contributed by atoms with Gasteiger partial charge in [0.2, 0.25) is 0 Å². The quantitative estimate of drug-likeness (QED) is 0.169. The molecule has 0 fully saturated rings. The topological polar surface area (TPSA) is 75.6 Å². The molecule has 14 rings (SSSR count). The van der Waals surface area contributed by atoms with Crippen LogP contribution in [0.2, 0.25) is 0 Å². The number of hydrogen-bond donors (Lipinski definition) is 1. The standard InChI is InChI=1S/C62H37N5O/c63-36-42-31-45(32-43(37-64)61(42)67-55-27-23-40(38-13-3-1-4-14-38)33-50(55)51-34-41(24-28-56(51)67)39-15-5-2-6-16-39)66-57-29-25-44(65-53-20-10-7-17-46(53)47-18-8-11-21-54(47)65)35-52(57)60-58(66)30-26-49-48-19-9-12-22-59(48)68-62(49)60/h1-36,63H. The Morgan fingerprint density at radius 1 is 0.397 bits per heavy atom. The average Bonchev–Trinajstić information content (AvgIpc) is 4.14. The van der Waals surface area contributed by atoms with Crippen molar-refractivity contribution in [3.05, 3.63) is 223 Å². The number of hydrogen-bond acceptors (Lipinski definition) is 3. The predicted molar refractivity (Wildman–Crippen MR) is 280 cm³/mol. The molecule has 0 aliphatic heterocycles.